The summed E-state index contributed by atoms with van der Waals surface area (Å²) < 4.78 is 0. The Labute approximate surface area is 147 Å². The molecule has 0 saturated heterocycles. The summed E-state index contributed by atoms with van der Waals surface area (Å²) in [6.45, 7) is 1.91. The molecule has 0 bridgehead atoms. The summed E-state index contributed by atoms with van der Waals surface area (Å²) in [5.41, 5.74) is 2.80. The number of nitrogens with one attached hydrogen (secondary N) is 2. The lowest BCUT2D eigenvalue weighted by molar-refractivity contribution is 0.235. The highest BCUT2D eigenvalue weighted by Gasteiger charge is 2.18. The molecule has 0 saturated carbocycles. The molecular weight excluding hydrogens is 312 g/mol. The fraction of sp³-hybridized carbons (Fsp3) is 0.150. The third-order valence-corrected chi connectivity index (χ3v) is 3.93. The lowest BCUT2D eigenvalue weighted by Gasteiger charge is -2.21. The molecule has 0 fully saturated rings. The third kappa shape index (κ3) is 4.41. The van der Waals surface area contributed by atoms with E-state index in [1.807, 2.05) is 67.6 Å². The van der Waals surface area contributed by atoms with Gasteiger partial charge in [-0.15, -0.1) is 0 Å². The zero-order valence-electron chi connectivity index (χ0n) is 14.0. The molecule has 0 spiro atoms. The number of rotatable bonds is 5. The average Bonchev–Trinajstić information content (AvgIpc) is 2.68. The predicted octanol–water partition coefficient (Wildman–Crippen LogP) is 3.63. The maximum atomic E-state index is 12.5. The quantitative estimate of drug-likeness (QED) is 0.750. The van der Waals surface area contributed by atoms with Crippen LogP contribution >= 0.6 is 0 Å². The molecule has 3 aromatic rings. The molecule has 5 nitrogen and oxygen atoms in total. The summed E-state index contributed by atoms with van der Waals surface area (Å²) in [5, 5.41) is 5.98. The van der Waals surface area contributed by atoms with Crippen LogP contribution in [0.25, 0.3) is 0 Å². The smallest absolute Gasteiger partial charge is 0.316 e. The van der Waals surface area contributed by atoms with Crippen LogP contribution in [0.1, 0.15) is 35.8 Å². The molecule has 2 atom stereocenters. The van der Waals surface area contributed by atoms with E-state index < -0.39 is 0 Å². The highest BCUT2D eigenvalue weighted by Crippen LogP contribution is 2.21. The number of benzene rings is 1. The molecule has 25 heavy (non-hydrogen) atoms. The fourth-order valence-corrected chi connectivity index (χ4v) is 2.64. The van der Waals surface area contributed by atoms with Crippen LogP contribution in [0.15, 0.2) is 79.3 Å². The minimum Gasteiger partial charge on any atom is -0.330 e. The Hall–Kier alpha value is -3.21. The first-order valence-corrected chi connectivity index (χ1v) is 8.17. The van der Waals surface area contributed by atoms with Crippen LogP contribution < -0.4 is 10.6 Å². The molecule has 0 aliphatic heterocycles. The number of nitrogens with zero attached hydrogens (tertiary/aromatic N) is 2. The van der Waals surface area contributed by atoms with Crippen LogP contribution in [0.3, 0.4) is 0 Å². The minimum atomic E-state index is -0.250. The second kappa shape index (κ2) is 8.06. The highest BCUT2D eigenvalue weighted by atomic mass is 16.2. The first kappa shape index (κ1) is 16.6. The molecule has 0 radical (unpaired) electrons. The average molecular weight is 332 g/mol. The Morgan fingerprint density at radius 1 is 0.840 bits per heavy atom. The third-order valence-electron chi connectivity index (χ3n) is 3.93. The van der Waals surface area contributed by atoms with Crippen molar-refractivity contribution in [3.63, 3.8) is 0 Å². The largest absolute Gasteiger partial charge is 0.330 e. The Kier molecular flexibility index (Phi) is 5.36. The van der Waals surface area contributed by atoms with Gasteiger partial charge in [-0.3, -0.25) is 9.97 Å². The van der Waals surface area contributed by atoms with Gasteiger partial charge in [-0.2, -0.15) is 0 Å². The van der Waals surface area contributed by atoms with Crippen LogP contribution in [0.2, 0.25) is 0 Å². The number of hydrogen-bond donors (Lipinski definition) is 2. The maximum absolute atomic E-state index is 12.5. The number of carbonyl (C=O) groups excluding carboxylic acids is 1. The van der Waals surface area contributed by atoms with E-state index in [-0.39, 0.29) is 18.1 Å². The molecule has 5 heteroatoms. The van der Waals surface area contributed by atoms with Crippen molar-refractivity contribution in [1.82, 2.24) is 20.6 Å². The van der Waals surface area contributed by atoms with Gasteiger partial charge in [-0.1, -0.05) is 36.4 Å². The monoisotopic (exact) mass is 332 g/mol. The summed E-state index contributed by atoms with van der Waals surface area (Å²) >= 11 is 0. The van der Waals surface area contributed by atoms with Gasteiger partial charge in [0.25, 0.3) is 0 Å². The van der Waals surface area contributed by atoms with E-state index in [0.717, 1.165) is 16.8 Å². The zero-order valence-corrected chi connectivity index (χ0v) is 14.0. The van der Waals surface area contributed by atoms with Gasteiger partial charge >= 0.3 is 6.03 Å². The number of amides is 2. The summed E-state index contributed by atoms with van der Waals surface area (Å²) in [7, 11) is 0. The summed E-state index contributed by atoms with van der Waals surface area (Å²) in [6, 6.07) is 18.6. The number of carbonyl (C=O) groups is 1. The van der Waals surface area contributed by atoms with Gasteiger partial charge in [0.05, 0.1) is 17.8 Å². The zero-order chi connectivity index (χ0) is 17.5. The second-order valence-electron chi connectivity index (χ2n) is 5.72. The lowest BCUT2D eigenvalue weighted by atomic mass is 10.00. The highest BCUT2D eigenvalue weighted by molar-refractivity contribution is 5.75. The van der Waals surface area contributed by atoms with Crippen LogP contribution in [-0.2, 0) is 0 Å². The van der Waals surface area contributed by atoms with E-state index in [1.165, 1.54) is 0 Å². The molecule has 0 aliphatic rings. The number of aromatic nitrogens is 2. The molecule has 2 aromatic heterocycles. The van der Waals surface area contributed by atoms with Crippen molar-refractivity contribution >= 4 is 6.03 Å². The van der Waals surface area contributed by atoms with E-state index in [0.29, 0.717) is 0 Å². The molecule has 2 N–H and O–H groups in total. The van der Waals surface area contributed by atoms with Crippen molar-refractivity contribution in [2.75, 3.05) is 0 Å². The Bertz CT molecular complexity index is 754. The molecule has 1 aromatic carbocycles. The minimum absolute atomic E-state index is 0.185. The second-order valence-corrected chi connectivity index (χ2v) is 5.72. The molecule has 0 aliphatic carbocycles. The van der Waals surface area contributed by atoms with Gasteiger partial charge < -0.3 is 10.6 Å². The van der Waals surface area contributed by atoms with Crippen LogP contribution in [-0.4, -0.2) is 16.0 Å². The molecule has 0 unspecified atom stereocenters. The fourth-order valence-electron chi connectivity index (χ4n) is 2.64. The van der Waals surface area contributed by atoms with E-state index >= 15 is 0 Å². The molecule has 2 heterocycles. The predicted molar refractivity (Wildman–Crippen MR) is 96.8 cm³/mol. The van der Waals surface area contributed by atoms with Gasteiger partial charge in [0, 0.05) is 18.6 Å². The van der Waals surface area contributed by atoms with Crippen LogP contribution in [0.4, 0.5) is 4.79 Å². The normalized spacial score (nSPS) is 12.8. The molecule has 2 amide bonds. The van der Waals surface area contributed by atoms with Crippen LogP contribution in [0, 0.1) is 0 Å². The van der Waals surface area contributed by atoms with Gasteiger partial charge in [0.2, 0.25) is 0 Å². The first-order chi connectivity index (χ1) is 12.2. The van der Waals surface area contributed by atoms with Crippen molar-refractivity contribution in [1.29, 1.82) is 0 Å². The number of pyridine rings is 2. The first-order valence-electron chi connectivity index (χ1n) is 8.17. The van der Waals surface area contributed by atoms with E-state index in [9.17, 15) is 4.79 Å². The van der Waals surface area contributed by atoms with Crippen molar-refractivity contribution in [3.8, 4) is 0 Å². The van der Waals surface area contributed by atoms with Gasteiger partial charge in [0.1, 0.15) is 0 Å². The van der Waals surface area contributed by atoms with E-state index in [1.54, 1.807) is 18.6 Å². The van der Waals surface area contributed by atoms with Gasteiger partial charge in [0.15, 0.2) is 0 Å². The van der Waals surface area contributed by atoms with E-state index in [2.05, 4.69) is 20.6 Å². The topological polar surface area (TPSA) is 66.9 Å². The van der Waals surface area contributed by atoms with Crippen molar-refractivity contribution in [3.05, 3.63) is 96.1 Å². The van der Waals surface area contributed by atoms with E-state index in [4.69, 9.17) is 0 Å². The SMILES string of the molecule is C[C@@H](NC(=O)N[C@H](c1ccccc1)c1ccncc1)c1ccccn1. The van der Waals surface area contributed by atoms with Crippen molar-refractivity contribution in [2.45, 2.75) is 19.0 Å². The Morgan fingerprint density at radius 3 is 2.20 bits per heavy atom. The van der Waals surface area contributed by atoms with Crippen LogP contribution in [0.5, 0.6) is 0 Å². The van der Waals surface area contributed by atoms with Gasteiger partial charge in [-0.05, 0) is 42.3 Å². The Morgan fingerprint density at radius 2 is 1.52 bits per heavy atom. The van der Waals surface area contributed by atoms with Crippen molar-refractivity contribution < 1.29 is 4.79 Å². The molecular formula is C20H20N4O. The summed E-state index contributed by atoms with van der Waals surface area (Å²) in [5.74, 6) is 0. The lowest BCUT2D eigenvalue weighted by Crippen LogP contribution is -2.39. The standard InChI is InChI=1S/C20H20N4O/c1-15(18-9-5-6-12-22-18)23-20(25)24-19(16-7-3-2-4-8-16)17-10-13-21-14-11-17/h2-15,19H,1H3,(H2,23,24,25)/t15-,19-/m1/s1. The Balaban J connectivity index is 1.75. The molecule has 3 rings (SSSR count). The summed E-state index contributed by atoms with van der Waals surface area (Å²) in [6.07, 6.45) is 5.16. The summed E-state index contributed by atoms with van der Waals surface area (Å²) in [4.78, 5) is 20.8. The number of urea groups is 1. The van der Waals surface area contributed by atoms with Crippen molar-refractivity contribution in [2.24, 2.45) is 0 Å². The molecule has 126 valence electrons. The number of hydrogen-bond acceptors (Lipinski definition) is 3. The van der Waals surface area contributed by atoms with Gasteiger partial charge in [-0.25, -0.2) is 4.79 Å². The maximum Gasteiger partial charge on any atom is 0.316 e.